The van der Waals surface area contributed by atoms with Crippen molar-refractivity contribution < 1.29 is 14.0 Å². The van der Waals surface area contributed by atoms with Gasteiger partial charge in [0.05, 0.1) is 5.25 Å². The number of hydrogen-bond acceptors (Lipinski definition) is 5. The van der Waals surface area contributed by atoms with E-state index in [2.05, 4.69) is 15.6 Å². The summed E-state index contributed by atoms with van der Waals surface area (Å²) in [6.45, 7) is 7.22. The second kappa shape index (κ2) is 6.39. The maximum Gasteiger partial charge on any atom is 0.321 e. The Bertz CT molecular complexity index is 658. The van der Waals surface area contributed by atoms with Crippen molar-refractivity contribution in [2.75, 3.05) is 0 Å². The number of hydrogen-bond donors (Lipinski definition) is 2. The third kappa shape index (κ3) is 4.49. The van der Waals surface area contributed by atoms with E-state index >= 15 is 0 Å². The maximum absolute atomic E-state index is 12.0. The predicted octanol–water partition coefficient (Wildman–Crippen LogP) is 2.93. The molecule has 2 rings (SSSR count). The van der Waals surface area contributed by atoms with Crippen LogP contribution in [0.5, 0.6) is 0 Å². The lowest BCUT2D eigenvalue weighted by molar-refractivity contribution is -0.119. The van der Waals surface area contributed by atoms with Crippen LogP contribution in [-0.4, -0.2) is 27.7 Å². The minimum Gasteiger partial charge on any atom is -0.431 e. The summed E-state index contributed by atoms with van der Waals surface area (Å²) < 4.78 is 5.55. The molecule has 1 aromatic carbocycles. The Hall–Kier alpha value is -2.02. The van der Waals surface area contributed by atoms with Crippen molar-refractivity contribution in [2.24, 2.45) is 0 Å². The number of amides is 3. The third-order valence-corrected chi connectivity index (χ3v) is 3.59. The van der Waals surface area contributed by atoms with E-state index in [9.17, 15) is 9.59 Å². The monoisotopic (exact) mass is 321 g/mol. The molecule has 6 nitrogen and oxygen atoms in total. The highest BCUT2D eigenvalue weighted by Gasteiger charge is 2.21. The van der Waals surface area contributed by atoms with Crippen LogP contribution in [-0.2, 0) is 4.79 Å². The summed E-state index contributed by atoms with van der Waals surface area (Å²) >= 11 is 1.17. The fourth-order valence-electron chi connectivity index (χ4n) is 1.69. The average Bonchev–Trinajstić information content (AvgIpc) is 2.78. The van der Waals surface area contributed by atoms with E-state index in [0.717, 1.165) is 5.52 Å². The normalized spacial score (nSPS) is 12.9. The van der Waals surface area contributed by atoms with Gasteiger partial charge in [-0.05, 0) is 39.8 Å². The lowest BCUT2D eigenvalue weighted by Crippen LogP contribution is -2.49. The van der Waals surface area contributed by atoms with E-state index in [4.69, 9.17) is 4.42 Å². The van der Waals surface area contributed by atoms with Crippen LogP contribution in [0.2, 0.25) is 0 Å². The van der Waals surface area contributed by atoms with E-state index in [-0.39, 0.29) is 0 Å². The minimum atomic E-state index is -0.512. The Kier molecular flexibility index (Phi) is 4.75. The topological polar surface area (TPSA) is 84.2 Å². The number of aromatic nitrogens is 1. The molecular weight excluding hydrogens is 302 g/mol. The number of carbonyl (C=O) groups is 2. The van der Waals surface area contributed by atoms with E-state index < -0.39 is 22.7 Å². The standard InChI is InChI=1S/C15H19N3O3S/c1-9(12(19)17-13(20)18-15(2,3)4)22-14-16-10-7-5-6-8-11(10)21-14/h5-9H,1-4H3,(H2,17,18,19,20). The maximum atomic E-state index is 12.0. The summed E-state index contributed by atoms with van der Waals surface area (Å²) in [7, 11) is 0. The highest BCUT2D eigenvalue weighted by Crippen LogP contribution is 2.26. The molecule has 1 heterocycles. The van der Waals surface area contributed by atoms with Crippen LogP contribution in [0.25, 0.3) is 11.1 Å². The second-order valence-corrected chi connectivity index (χ2v) is 7.19. The molecule has 0 aliphatic carbocycles. The van der Waals surface area contributed by atoms with Gasteiger partial charge in [-0.3, -0.25) is 10.1 Å². The van der Waals surface area contributed by atoms with Gasteiger partial charge in [0.15, 0.2) is 5.58 Å². The first kappa shape index (κ1) is 16.4. The average molecular weight is 321 g/mol. The van der Waals surface area contributed by atoms with Crippen LogP contribution < -0.4 is 10.6 Å². The SMILES string of the molecule is CC(Sc1nc2ccccc2o1)C(=O)NC(=O)NC(C)(C)C. The molecule has 0 spiro atoms. The van der Waals surface area contributed by atoms with Crippen LogP contribution in [0.4, 0.5) is 4.79 Å². The van der Waals surface area contributed by atoms with Gasteiger partial charge in [0.25, 0.3) is 5.22 Å². The lowest BCUT2D eigenvalue weighted by atomic mass is 10.1. The molecule has 0 aliphatic heterocycles. The van der Waals surface area contributed by atoms with E-state index in [0.29, 0.717) is 10.8 Å². The summed E-state index contributed by atoms with van der Waals surface area (Å²) in [6, 6.07) is 6.86. The van der Waals surface area contributed by atoms with Crippen molar-refractivity contribution in [1.29, 1.82) is 0 Å². The molecule has 1 atom stereocenters. The minimum absolute atomic E-state index is 0.394. The largest absolute Gasteiger partial charge is 0.431 e. The van der Waals surface area contributed by atoms with E-state index in [1.807, 2.05) is 45.0 Å². The molecule has 0 saturated carbocycles. The molecular formula is C15H19N3O3S. The van der Waals surface area contributed by atoms with Gasteiger partial charge in [-0.1, -0.05) is 23.9 Å². The number of fused-ring (bicyclic) bond motifs is 1. The summed E-state index contributed by atoms with van der Waals surface area (Å²) in [6.07, 6.45) is 0. The van der Waals surface area contributed by atoms with Gasteiger partial charge in [0.1, 0.15) is 5.52 Å². The number of para-hydroxylation sites is 2. The molecule has 0 bridgehead atoms. The molecule has 0 radical (unpaired) electrons. The van der Waals surface area contributed by atoms with Gasteiger partial charge in [0, 0.05) is 5.54 Å². The molecule has 2 N–H and O–H groups in total. The van der Waals surface area contributed by atoms with Crippen LogP contribution in [0.3, 0.4) is 0 Å². The molecule has 1 aromatic heterocycles. The fourth-order valence-corrected chi connectivity index (χ4v) is 2.45. The van der Waals surface area contributed by atoms with Crippen molar-refractivity contribution >= 4 is 34.8 Å². The molecule has 3 amide bonds. The van der Waals surface area contributed by atoms with Gasteiger partial charge >= 0.3 is 6.03 Å². The molecule has 2 aromatic rings. The van der Waals surface area contributed by atoms with E-state index in [1.165, 1.54) is 11.8 Å². The van der Waals surface area contributed by atoms with Gasteiger partial charge in [0.2, 0.25) is 5.91 Å². The molecule has 0 saturated heterocycles. The first-order chi connectivity index (χ1) is 10.2. The Morgan fingerprint density at radius 2 is 1.95 bits per heavy atom. The van der Waals surface area contributed by atoms with Crippen LogP contribution in [0, 0.1) is 0 Å². The Morgan fingerprint density at radius 3 is 2.59 bits per heavy atom. The number of oxazole rings is 1. The highest BCUT2D eigenvalue weighted by atomic mass is 32.2. The van der Waals surface area contributed by atoms with Crippen molar-refractivity contribution in [3.8, 4) is 0 Å². The quantitative estimate of drug-likeness (QED) is 0.849. The zero-order valence-corrected chi connectivity index (χ0v) is 13.8. The lowest BCUT2D eigenvalue weighted by Gasteiger charge is -2.20. The number of carbonyl (C=O) groups excluding carboxylic acids is 2. The Morgan fingerprint density at radius 1 is 1.27 bits per heavy atom. The first-order valence-electron chi connectivity index (χ1n) is 6.90. The summed E-state index contributed by atoms with van der Waals surface area (Å²) in [5.74, 6) is -0.394. The zero-order chi connectivity index (χ0) is 16.3. The number of nitrogens with zero attached hydrogens (tertiary/aromatic N) is 1. The third-order valence-electron chi connectivity index (χ3n) is 2.65. The summed E-state index contributed by atoms with van der Waals surface area (Å²) in [5.41, 5.74) is 1.01. The van der Waals surface area contributed by atoms with Gasteiger partial charge in [-0.25, -0.2) is 9.78 Å². The molecule has 7 heteroatoms. The predicted molar refractivity (Wildman–Crippen MR) is 85.8 cm³/mol. The molecule has 0 aliphatic rings. The first-order valence-corrected chi connectivity index (χ1v) is 7.78. The van der Waals surface area contributed by atoms with Crippen LogP contribution in [0.1, 0.15) is 27.7 Å². The molecule has 0 fully saturated rings. The zero-order valence-electron chi connectivity index (χ0n) is 13.0. The molecule has 118 valence electrons. The van der Waals surface area contributed by atoms with E-state index in [1.54, 1.807) is 6.92 Å². The fraction of sp³-hybridized carbons (Fsp3) is 0.400. The summed E-state index contributed by atoms with van der Waals surface area (Å²) in [4.78, 5) is 28.0. The Balaban J connectivity index is 1.95. The smallest absolute Gasteiger partial charge is 0.321 e. The van der Waals surface area contributed by atoms with Gasteiger partial charge in [-0.2, -0.15) is 0 Å². The number of benzene rings is 1. The number of rotatable bonds is 3. The number of imide groups is 1. The number of thioether (sulfide) groups is 1. The highest BCUT2D eigenvalue weighted by molar-refractivity contribution is 8.00. The molecule has 22 heavy (non-hydrogen) atoms. The van der Waals surface area contributed by atoms with Crippen molar-refractivity contribution in [1.82, 2.24) is 15.6 Å². The number of urea groups is 1. The Labute approximate surface area is 133 Å². The molecule has 1 unspecified atom stereocenters. The van der Waals surface area contributed by atoms with Crippen molar-refractivity contribution in [2.45, 2.75) is 43.7 Å². The van der Waals surface area contributed by atoms with Gasteiger partial charge in [-0.15, -0.1) is 0 Å². The van der Waals surface area contributed by atoms with Crippen molar-refractivity contribution in [3.05, 3.63) is 24.3 Å². The van der Waals surface area contributed by atoms with Crippen LogP contribution in [0.15, 0.2) is 33.9 Å². The summed E-state index contributed by atoms with van der Waals surface area (Å²) in [5, 5.41) is 4.88. The second-order valence-electron chi connectivity index (χ2n) is 5.90. The van der Waals surface area contributed by atoms with Crippen LogP contribution >= 0.6 is 11.8 Å². The number of nitrogens with one attached hydrogen (secondary N) is 2. The van der Waals surface area contributed by atoms with Gasteiger partial charge < -0.3 is 9.73 Å². The van der Waals surface area contributed by atoms with Crippen molar-refractivity contribution in [3.63, 3.8) is 0 Å².